The molecule has 52 heavy (non-hydrogen) atoms. The third-order valence-corrected chi connectivity index (χ3v) is 11.9. The first-order valence-electron chi connectivity index (χ1n) is 17.6. The normalized spacial score (nSPS) is 12.2. The monoisotopic (exact) mass is 678 g/mol. The van der Waals surface area contributed by atoms with Gasteiger partial charge in [0.05, 0.1) is 11.4 Å². The third kappa shape index (κ3) is 3.90. The largest absolute Gasteiger partial charge is 0.455 e. The Labute approximate surface area is 302 Å². The van der Waals surface area contributed by atoms with Gasteiger partial charge in [0.2, 0.25) is 0 Å². The molecular formula is C48H26N2OS. The predicted octanol–water partition coefficient (Wildman–Crippen LogP) is 13.7. The number of thiophene rings is 1. The first-order valence-corrected chi connectivity index (χ1v) is 18.4. The third-order valence-electron chi connectivity index (χ3n) is 10.8. The Morgan fingerprint density at radius 2 is 1.12 bits per heavy atom. The van der Waals surface area contributed by atoms with Gasteiger partial charge < -0.3 is 4.42 Å². The van der Waals surface area contributed by atoms with Crippen molar-refractivity contribution < 1.29 is 4.42 Å². The van der Waals surface area contributed by atoms with Gasteiger partial charge in [-0.15, -0.1) is 11.3 Å². The lowest BCUT2D eigenvalue weighted by atomic mass is 9.95. The fourth-order valence-corrected chi connectivity index (χ4v) is 9.67. The zero-order valence-electron chi connectivity index (χ0n) is 27.7. The Morgan fingerprint density at radius 3 is 2.06 bits per heavy atom. The Hall–Kier alpha value is -6.62. The standard InChI is InChI=1S/C48H26N2OS/c1-2-13-30-27(11-1)12-9-18-32(30)40-26-39(49-48(50-40)36-19-10-22-43-45(36)35-17-6-8-21-42(35)52-43)28-23-29-25-38-33-15-5-7-20-41(33)51-47(38)46-34-16-4-3-14-31(34)37(24-28)44(29)46/h1-26H. The second-order valence-corrected chi connectivity index (χ2v) is 14.7. The second-order valence-electron chi connectivity index (χ2n) is 13.7. The van der Waals surface area contributed by atoms with E-state index in [0.29, 0.717) is 0 Å². The van der Waals surface area contributed by atoms with Crippen LogP contribution in [-0.4, -0.2) is 9.97 Å². The molecule has 0 bridgehead atoms. The highest BCUT2D eigenvalue weighted by Crippen LogP contribution is 2.53. The molecule has 0 unspecified atom stereocenters. The summed E-state index contributed by atoms with van der Waals surface area (Å²) in [6, 6.07) is 56.4. The molecule has 1 aliphatic rings. The summed E-state index contributed by atoms with van der Waals surface area (Å²) in [6.45, 7) is 0. The molecule has 4 heteroatoms. The summed E-state index contributed by atoms with van der Waals surface area (Å²) in [4.78, 5) is 10.8. The Bertz CT molecular complexity index is 3310. The SMILES string of the molecule is c1ccc2c(c1)-c1cc(-c3cc(-c4cccc5ccccc45)nc(-c4cccc5sc6ccccc6c45)n3)cc3cc4c(oc5ccccc54)c-2c13. The van der Waals surface area contributed by atoms with Crippen molar-refractivity contribution in [2.45, 2.75) is 0 Å². The molecule has 0 saturated carbocycles. The number of benzene rings is 8. The zero-order chi connectivity index (χ0) is 33.9. The molecule has 240 valence electrons. The van der Waals surface area contributed by atoms with E-state index in [1.165, 1.54) is 64.0 Å². The number of para-hydroxylation sites is 1. The van der Waals surface area contributed by atoms with Gasteiger partial charge in [-0.2, -0.15) is 0 Å². The number of fused-ring (bicyclic) bond motifs is 11. The molecule has 0 fully saturated rings. The molecule has 3 nitrogen and oxygen atoms in total. The molecule has 0 N–H and O–H groups in total. The maximum absolute atomic E-state index is 6.59. The molecule has 0 saturated heterocycles. The lowest BCUT2D eigenvalue weighted by Crippen LogP contribution is -1.97. The van der Waals surface area contributed by atoms with Crippen LogP contribution in [0.25, 0.3) is 120 Å². The van der Waals surface area contributed by atoms with Crippen LogP contribution in [0, 0.1) is 0 Å². The van der Waals surface area contributed by atoms with E-state index in [-0.39, 0.29) is 0 Å². The minimum absolute atomic E-state index is 0.725. The van der Waals surface area contributed by atoms with E-state index in [9.17, 15) is 0 Å². The summed E-state index contributed by atoms with van der Waals surface area (Å²) in [7, 11) is 0. The van der Waals surface area contributed by atoms with E-state index in [4.69, 9.17) is 14.4 Å². The van der Waals surface area contributed by atoms with Crippen molar-refractivity contribution in [2.75, 3.05) is 0 Å². The number of furan rings is 1. The van der Waals surface area contributed by atoms with Crippen LogP contribution in [0.2, 0.25) is 0 Å². The minimum Gasteiger partial charge on any atom is -0.455 e. The van der Waals surface area contributed by atoms with Gasteiger partial charge in [-0.05, 0) is 75.3 Å². The molecule has 0 atom stereocenters. The molecular weight excluding hydrogens is 653 g/mol. The lowest BCUT2D eigenvalue weighted by Gasteiger charge is -2.13. The highest BCUT2D eigenvalue weighted by Gasteiger charge is 2.27. The highest BCUT2D eigenvalue weighted by molar-refractivity contribution is 7.25. The topological polar surface area (TPSA) is 38.9 Å². The Balaban J connectivity index is 1.18. The molecule has 0 aliphatic heterocycles. The number of aromatic nitrogens is 2. The summed E-state index contributed by atoms with van der Waals surface area (Å²) in [5.74, 6) is 0.725. The van der Waals surface area contributed by atoms with Crippen LogP contribution in [-0.2, 0) is 0 Å². The van der Waals surface area contributed by atoms with Crippen LogP contribution < -0.4 is 0 Å². The molecule has 8 aromatic carbocycles. The van der Waals surface area contributed by atoms with E-state index < -0.39 is 0 Å². The molecule has 0 amide bonds. The fourth-order valence-electron chi connectivity index (χ4n) is 8.54. The van der Waals surface area contributed by atoms with Gasteiger partial charge in [-0.25, -0.2) is 9.97 Å². The summed E-state index contributed by atoms with van der Waals surface area (Å²) in [5.41, 5.74) is 11.7. The van der Waals surface area contributed by atoms with Crippen molar-refractivity contribution in [3.8, 4) is 56.2 Å². The van der Waals surface area contributed by atoms with Gasteiger partial charge in [0, 0.05) is 58.6 Å². The van der Waals surface area contributed by atoms with Gasteiger partial charge in [0.25, 0.3) is 0 Å². The summed E-state index contributed by atoms with van der Waals surface area (Å²) < 4.78 is 9.09. The average molecular weight is 679 g/mol. The first kappa shape index (κ1) is 28.1. The zero-order valence-corrected chi connectivity index (χ0v) is 28.5. The molecule has 3 heterocycles. The molecule has 12 rings (SSSR count). The van der Waals surface area contributed by atoms with Gasteiger partial charge in [-0.3, -0.25) is 0 Å². The van der Waals surface area contributed by atoms with E-state index >= 15 is 0 Å². The summed E-state index contributed by atoms with van der Waals surface area (Å²) in [5, 5.41) is 9.47. The molecule has 3 aromatic heterocycles. The van der Waals surface area contributed by atoms with Gasteiger partial charge in [-0.1, -0.05) is 115 Å². The van der Waals surface area contributed by atoms with Crippen molar-refractivity contribution in [3.05, 3.63) is 158 Å². The Morgan fingerprint density at radius 1 is 0.423 bits per heavy atom. The quantitative estimate of drug-likeness (QED) is 0.187. The van der Waals surface area contributed by atoms with E-state index in [1.54, 1.807) is 0 Å². The summed E-state index contributed by atoms with van der Waals surface area (Å²) >= 11 is 1.82. The predicted molar refractivity (Wildman–Crippen MR) is 218 cm³/mol. The first-order chi connectivity index (χ1) is 25.8. The van der Waals surface area contributed by atoms with Crippen LogP contribution in [0.5, 0.6) is 0 Å². The maximum Gasteiger partial charge on any atom is 0.161 e. The Kier molecular flexibility index (Phi) is 5.65. The van der Waals surface area contributed by atoms with Crippen molar-refractivity contribution in [1.29, 1.82) is 0 Å². The molecule has 0 radical (unpaired) electrons. The van der Waals surface area contributed by atoms with Crippen molar-refractivity contribution >= 4 is 75.0 Å². The number of hydrogen-bond donors (Lipinski definition) is 0. The van der Waals surface area contributed by atoms with Crippen LogP contribution in [0.3, 0.4) is 0 Å². The van der Waals surface area contributed by atoms with Crippen molar-refractivity contribution in [1.82, 2.24) is 9.97 Å². The number of rotatable bonds is 3. The van der Waals surface area contributed by atoms with Gasteiger partial charge >= 0.3 is 0 Å². The summed E-state index contributed by atoms with van der Waals surface area (Å²) in [6.07, 6.45) is 0. The van der Waals surface area contributed by atoms with Crippen LogP contribution >= 0.6 is 11.3 Å². The van der Waals surface area contributed by atoms with E-state index in [1.807, 2.05) is 17.4 Å². The smallest absolute Gasteiger partial charge is 0.161 e. The number of hydrogen-bond acceptors (Lipinski definition) is 4. The van der Waals surface area contributed by atoms with Gasteiger partial charge in [0.15, 0.2) is 5.82 Å². The van der Waals surface area contributed by atoms with Crippen molar-refractivity contribution in [2.24, 2.45) is 0 Å². The highest BCUT2D eigenvalue weighted by atomic mass is 32.1. The second kappa shape index (κ2) is 10.5. The van der Waals surface area contributed by atoms with E-state index in [2.05, 4.69) is 152 Å². The van der Waals surface area contributed by atoms with Crippen LogP contribution in [0.4, 0.5) is 0 Å². The molecule has 0 spiro atoms. The fraction of sp³-hybridized carbons (Fsp3) is 0. The van der Waals surface area contributed by atoms with Crippen LogP contribution in [0.15, 0.2) is 162 Å². The van der Waals surface area contributed by atoms with E-state index in [0.717, 1.165) is 55.8 Å². The maximum atomic E-state index is 6.59. The molecule has 11 aromatic rings. The van der Waals surface area contributed by atoms with Crippen molar-refractivity contribution in [3.63, 3.8) is 0 Å². The molecule has 1 aliphatic carbocycles. The lowest BCUT2D eigenvalue weighted by molar-refractivity contribution is 0.670. The number of nitrogens with zero attached hydrogens (tertiary/aromatic N) is 2. The van der Waals surface area contributed by atoms with Crippen LogP contribution in [0.1, 0.15) is 0 Å². The van der Waals surface area contributed by atoms with Gasteiger partial charge in [0.1, 0.15) is 11.2 Å². The minimum atomic E-state index is 0.725. The average Bonchev–Trinajstić information content (AvgIpc) is 3.88.